The predicted molar refractivity (Wildman–Crippen MR) is 106 cm³/mol. The third kappa shape index (κ3) is 3.06. The van der Waals surface area contributed by atoms with E-state index < -0.39 is 11.4 Å². The van der Waals surface area contributed by atoms with Crippen molar-refractivity contribution in [3.63, 3.8) is 0 Å². The fourth-order valence-corrected chi connectivity index (χ4v) is 3.36. The van der Waals surface area contributed by atoms with Gasteiger partial charge in [0.15, 0.2) is 0 Å². The highest BCUT2D eigenvalue weighted by molar-refractivity contribution is 5.98. The Bertz CT molecular complexity index is 1190. The number of imidazole rings is 1. The maximum Gasteiger partial charge on any atom is 0.261 e. The van der Waals surface area contributed by atoms with E-state index in [0.717, 1.165) is 30.4 Å². The lowest BCUT2D eigenvalue weighted by Gasteiger charge is -2.07. The van der Waals surface area contributed by atoms with Crippen LogP contribution in [0.3, 0.4) is 0 Å². The first-order chi connectivity index (χ1) is 13.1. The summed E-state index contributed by atoms with van der Waals surface area (Å²) in [5.74, 6) is -0.147. The Labute approximate surface area is 154 Å². The van der Waals surface area contributed by atoms with Gasteiger partial charge in [0.1, 0.15) is 17.2 Å². The lowest BCUT2D eigenvalue weighted by Crippen LogP contribution is -2.13. The number of nitrogens with one attached hydrogen (secondary N) is 3. The van der Waals surface area contributed by atoms with Gasteiger partial charge in [0.05, 0.1) is 27.6 Å². The van der Waals surface area contributed by atoms with Crippen LogP contribution in [-0.4, -0.2) is 28.5 Å². The molecule has 27 heavy (non-hydrogen) atoms. The van der Waals surface area contributed by atoms with Gasteiger partial charge in [-0.3, -0.25) is 4.79 Å². The van der Waals surface area contributed by atoms with Gasteiger partial charge in [-0.05, 0) is 56.3 Å². The summed E-state index contributed by atoms with van der Waals surface area (Å²) in [5, 5.41) is 3.32. The SMILES string of the molecule is CNCCCc1ccc2[nH]c(-c3c(N)c4c(F)cccc4[nH]c3=O)nc2c1. The fourth-order valence-electron chi connectivity index (χ4n) is 3.36. The molecule has 5 N–H and O–H groups in total. The summed E-state index contributed by atoms with van der Waals surface area (Å²) < 4.78 is 14.2. The number of nitrogens with two attached hydrogens (primary N) is 1. The van der Waals surface area contributed by atoms with Gasteiger partial charge in [0.2, 0.25) is 0 Å². The zero-order chi connectivity index (χ0) is 19.0. The molecule has 0 saturated carbocycles. The molecule has 0 radical (unpaired) electrons. The minimum Gasteiger partial charge on any atom is -0.397 e. The average molecular weight is 365 g/mol. The van der Waals surface area contributed by atoms with Crippen molar-refractivity contribution in [1.29, 1.82) is 0 Å². The molecule has 2 aromatic heterocycles. The highest BCUT2D eigenvalue weighted by atomic mass is 19.1. The standard InChI is InChI=1S/C20H20FN5O/c1-23-9-3-4-11-7-8-13-15(10-11)25-19(24-13)17-18(22)16-12(21)5-2-6-14(16)26-20(17)27/h2,5-8,10,23H,3-4,9H2,1H3,(H,24,25)(H3,22,26,27). The molecule has 138 valence electrons. The van der Waals surface area contributed by atoms with Crippen LogP contribution in [0.2, 0.25) is 0 Å². The van der Waals surface area contributed by atoms with Gasteiger partial charge in [-0.25, -0.2) is 9.37 Å². The van der Waals surface area contributed by atoms with Crippen LogP contribution in [0.1, 0.15) is 12.0 Å². The molecule has 0 bridgehead atoms. The maximum atomic E-state index is 14.2. The van der Waals surface area contributed by atoms with Crippen LogP contribution >= 0.6 is 0 Å². The van der Waals surface area contributed by atoms with Crippen LogP contribution in [-0.2, 0) is 6.42 Å². The molecule has 0 unspecified atom stereocenters. The second-order valence-electron chi connectivity index (χ2n) is 6.55. The summed E-state index contributed by atoms with van der Waals surface area (Å²) >= 11 is 0. The van der Waals surface area contributed by atoms with Crippen LogP contribution in [0.15, 0.2) is 41.2 Å². The first kappa shape index (κ1) is 17.2. The number of nitrogen functional groups attached to an aromatic ring is 1. The number of aromatic nitrogens is 3. The molecular weight excluding hydrogens is 345 g/mol. The second-order valence-corrected chi connectivity index (χ2v) is 6.55. The van der Waals surface area contributed by atoms with Gasteiger partial charge < -0.3 is 21.0 Å². The van der Waals surface area contributed by atoms with Gasteiger partial charge >= 0.3 is 0 Å². The van der Waals surface area contributed by atoms with Crippen LogP contribution < -0.4 is 16.6 Å². The molecule has 0 amide bonds. The summed E-state index contributed by atoms with van der Waals surface area (Å²) in [5.41, 5.74) is 9.08. The molecule has 0 aliphatic rings. The highest BCUT2D eigenvalue weighted by Gasteiger charge is 2.18. The van der Waals surface area contributed by atoms with E-state index in [1.165, 1.54) is 17.7 Å². The van der Waals surface area contributed by atoms with Crippen molar-refractivity contribution in [2.24, 2.45) is 0 Å². The number of pyridine rings is 1. The molecule has 4 aromatic rings. The minimum absolute atomic E-state index is 0.0835. The molecule has 0 atom stereocenters. The zero-order valence-corrected chi connectivity index (χ0v) is 14.9. The summed E-state index contributed by atoms with van der Waals surface area (Å²) in [6.45, 7) is 0.943. The normalized spacial score (nSPS) is 11.5. The Morgan fingerprint density at radius 1 is 1.19 bits per heavy atom. The third-order valence-electron chi connectivity index (χ3n) is 4.70. The number of hydrogen-bond acceptors (Lipinski definition) is 4. The number of aryl methyl sites for hydroxylation is 1. The van der Waals surface area contributed by atoms with Gasteiger partial charge in [-0.1, -0.05) is 12.1 Å². The van der Waals surface area contributed by atoms with E-state index in [0.29, 0.717) is 11.3 Å². The maximum absolute atomic E-state index is 14.2. The Hall–Kier alpha value is -3.19. The smallest absolute Gasteiger partial charge is 0.261 e. The van der Waals surface area contributed by atoms with E-state index in [1.54, 1.807) is 6.07 Å². The van der Waals surface area contributed by atoms with Gasteiger partial charge in [-0.15, -0.1) is 0 Å². The number of nitrogens with zero attached hydrogens (tertiary/aromatic N) is 1. The molecule has 4 rings (SSSR count). The van der Waals surface area contributed by atoms with E-state index in [-0.39, 0.29) is 16.6 Å². The van der Waals surface area contributed by atoms with Crippen LogP contribution in [0, 0.1) is 5.82 Å². The van der Waals surface area contributed by atoms with E-state index >= 15 is 0 Å². The first-order valence-electron chi connectivity index (χ1n) is 8.82. The average Bonchev–Trinajstić information content (AvgIpc) is 3.04. The van der Waals surface area contributed by atoms with Crippen molar-refractivity contribution in [2.45, 2.75) is 12.8 Å². The molecule has 2 heterocycles. The summed E-state index contributed by atoms with van der Waals surface area (Å²) in [6, 6.07) is 10.4. The predicted octanol–water partition coefficient (Wildman–Crippen LogP) is 2.94. The summed E-state index contributed by atoms with van der Waals surface area (Å²) in [7, 11) is 1.93. The van der Waals surface area contributed by atoms with Crippen LogP contribution in [0.4, 0.5) is 10.1 Å². The van der Waals surface area contributed by atoms with Crippen molar-refractivity contribution in [3.8, 4) is 11.4 Å². The second kappa shape index (κ2) is 6.85. The van der Waals surface area contributed by atoms with E-state index in [4.69, 9.17) is 5.73 Å². The van der Waals surface area contributed by atoms with Crippen LogP contribution in [0.5, 0.6) is 0 Å². The Kier molecular flexibility index (Phi) is 4.37. The van der Waals surface area contributed by atoms with Gasteiger partial charge in [-0.2, -0.15) is 0 Å². The van der Waals surface area contributed by atoms with Gasteiger partial charge in [0.25, 0.3) is 5.56 Å². The molecule has 7 heteroatoms. The molecule has 6 nitrogen and oxygen atoms in total. The van der Waals surface area contributed by atoms with E-state index in [1.807, 2.05) is 25.2 Å². The number of H-pyrrole nitrogens is 2. The Balaban J connectivity index is 1.82. The fraction of sp³-hybridized carbons (Fsp3) is 0.200. The molecule has 0 aliphatic carbocycles. The minimum atomic E-state index is -0.481. The quantitative estimate of drug-likeness (QED) is 0.409. The van der Waals surface area contributed by atoms with E-state index in [2.05, 4.69) is 20.3 Å². The van der Waals surface area contributed by atoms with Crippen molar-refractivity contribution in [3.05, 3.63) is 58.1 Å². The van der Waals surface area contributed by atoms with Crippen LogP contribution in [0.25, 0.3) is 33.3 Å². The largest absolute Gasteiger partial charge is 0.397 e. The first-order valence-corrected chi connectivity index (χ1v) is 8.82. The number of halogens is 1. The number of benzene rings is 2. The third-order valence-corrected chi connectivity index (χ3v) is 4.70. The molecular formula is C20H20FN5O. The zero-order valence-electron chi connectivity index (χ0n) is 14.9. The highest BCUT2D eigenvalue weighted by Crippen LogP contribution is 2.30. The molecule has 2 aromatic carbocycles. The summed E-state index contributed by atoms with van der Waals surface area (Å²) in [6.07, 6.45) is 1.96. The molecule has 0 aliphatic heterocycles. The van der Waals surface area contributed by atoms with Crippen molar-refractivity contribution in [1.82, 2.24) is 20.3 Å². The number of rotatable bonds is 5. The Morgan fingerprint density at radius 3 is 2.85 bits per heavy atom. The van der Waals surface area contributed by atoms with Crippen molar-refractivity contribution in [2.75, 3.05) is 19.3 Å². The van der Waals surface area contributed by atoms with E-state index in [9.17, 15) is 9.18 Å². The number of aromatic amines is 2. The number of hydrogen-bond donors (Lipinski definition) is 4. The monoisotopic (exact) mass is 365 g/mol. The van der Waals surface area contributed by atoms with Crippen molar-refractivity contribution < 1.29 is 4.39 Å². The molecule has 0 fully saturated rings. The Morgan fingerprint density at radius 2 is 2.04 bits per heavy atom. The number of anilines is 1. The lowest BCUT2D eigenvalue weighted by molar-refractivity contribution is 0.640. The topological polar surface area (TPSA) is 99.6 Å². The molecule has 0 saturated heterocycles. The lowest BCUT2D eigenvalue weighted by atomic mass is 10.1. The summed E-state index contributed by atoms with van der Waals surface area (Å²) in [4.78, 5) is 22.9. The van der Waals surface area contributed by atoms with Crippen molar-refractivity contribution >= 4 is 27.6 Å². The van der Waals surface area contributed by atoms with Gasteiger partial charge in [0, 0.05) is 0 Å². The molecule has 0 spiro atoms. The number of fused-ring (bicyclic) bond motifs is 2.